The molecule has 0 bridgehead atoms. The molecule has 3 rings (SSSR count). The first-order valence-corrected chi connectivity index (χ1v) is 8.31. The van der Waals surface area contributed by atoms with Crippen LogP contribution in [0.25, 0.3) is 10.1 Å². The lowest BCUT2D eigenvalue weighted by Gasteiger charge is -2.45. The summed E-state index contributed by atoms with van der Waals surface area (Å²) >= 11 is 1.78. The molecule has 0 radical (unpaired) electrons. The third-order valence-electron chi connectivity index (χ3n) is 4.28. The van der Waals surface area contributed by atoms with Crippen molar-refractivity contribution in [3.8, 4) is 0 Å². The summed E-state index contributed by atoms with van der Waals surface area (Å²) in [5.74, 6) is 1.06. The highest BCUT2D eigenvalue weighted by molar-refractivity contribution is 7.17. The lowest BCUT2D eigenvalue weighted by atomic mass is 9.63. The quantitative estimate of drug-likeness (QED) is 0.809. The molecule has 0 amide bonds. The molecule has 3 heteroatoms. The second kappa shape index (κ2) is 4.73. The summed E-state index contributed by atoms with van der Waals surface area (Å²) in [6, 6.07) is 4.79. The molecule has 2 aromatic heterocycles. The summed E-state index contributed by atoms with van der Waals surface area (Å²) in [4.78, 5) is 4.56. The van der Waals surface area contributed by atoms with Crippen molar-refractivity contribution in [1.82, 2.24) is 4.98 Å². The van der Waals surface area contributed by atoms with Crippen molar-refractivity contribution in [2.75, 3.05) is 5.32 Å². The Morgan fingerprint density at radius 1 is 1.15 bits per heavy atom. The SMILES string of the molecule is CC1(C)CC(Nc2nccc3sccc23)CC(C)(C)C1. The van der Waals surface area contributed by atoms with E-state index in [0.717, 1.165) is 5.82 Å². The van der Waals surface area contributed by atoms with Gasteiger partial charge in [-0.3, -0.25) is 0 Å². The number of hydrogen-bond donors (Lipinski definition) is 1. The third kappa shape index (κ3) is 2.83. The smallest absolute Gasteiger partial charge is 0.134 e. The predicted octanol–water partition coefficient (Wildman–Crippen LogP) is 5.31. The molecular weight excluding hydrogens is 264 g/mol. The minimum Gasteiger partial charge on any atom is -0.367 e. The molecule has 2 aromatic rings. The van der Waals surface area contributed by atoms with Gasteiger partial charge in [-0.15, -0.1) is 11.3 Å². The molecule has 0 aromatic carbocycles. The van der Waals surface area contributed by atoms with Crippen molar-refractivity contribution in [2.24, 2.45) is 10.8 Å². The predicted molar refractivity (Wildman–Crippen MR) is 88.4 cm³/mol. The Hall–Kier alpha value is -1.09. The van der Waals surface area contributed by atoms with Gasteiger partial charge in [0.1, 0.15) is 5.82 Å². The number of rotatable bonds is 2. The van der Waals surface area contributed by atoms with Gasteiger partial charge in [0.25, 0.3) is 0 Å². The minimum absolute atomic E-state index is 0.405. The van der Waals surface area contributed by atoms with Crippen molar-refractivity contribution >= 4 is 27.2 Å². The summed E-state index contributed by atoms with van der Waals surface area (Å²) in [5.41, 5.74) is 0.809. The van der Waals surface area contributed by atoms with E-state index in [4.69, 9.17) is 0 Å². The third-order valence-corrected chi connectivity index (χ3v) is 5.16. The van der Waals surface area contributed by atoms with E-state index >= 15 is 0 Å². The molecule has 1 saturated carbocycles. The number of anilines is 1. The molecule has 2 heterocycles. The molecule has 20 heavy (non-hydrogen) atoms. The minimum atomic E-state index is 0.405. The van der Waals surface area contributed by atoms with Crippen LogP contribution in [0.3, 0.4) is 0 Å². The van der Waals surface area contributed by atoms with E-state index in [9.17, 15) is 0 Å². The Morgan fingerprint density at radius 2 is 1.85 bits per heavy atom. The van der Waals surface area contributed by atoms with Gasteiger partial charge in [-0.1, -0.05) is 27.7 Å². The number of fused-ring (bicyclic) bond motifs is 1. The van der Waals surface area contributed by atoms with Gasteiger partial charge in [0, 0.05) is 22.3 Å². The number of aromatic nitrogens is 1. The normalized spacial score (nSPS) is 22.0. The number of nitrogens with zero attached hydrogens (tertiary/aromatic N) is 1. The molecule has 1 aliphatic rings. The fraction of sp³-hybridized carbons (Fsp3) is 0.588. The number of nitrogens with one attached hydrogen (secondary N) is 1. The van der Waals surface area contributed by atoms with Crippen LogP contribution in [0.4, 0.5) is 5.82 Å². The van der Waals surface area contributed by atoms with Crippen LogP contribution in [0.15, 0.2) is 23.7 Å². The van der Waals surface area contributed by atoms with Gasteiger partial charge in [0.05, 0.1) is 0 Å². The van der Waals surface area contributed by atoms with Crippen LogP contribution in [-0.4, -0.2) is 11.0 Å². The molecule has 1 N–H and O–H groups in total. The topological polar surface area (TPSA) is 24.9 Å². The van der Waals surface area contributed by atoms with Gasteiger partial charge in [0.2, 0.25) is 0 Å². The fourth-order valence-corrected chi connectivity index (χ4v) is 4.93. The first-order valence-electron chi connectivity index (χ1n) is 7.44. The fourth-order valence-electron chi connectivity index (χ4n) is 4.15. The standard InChI is InChI=1S/C17H24N2S/c1-16(2)9-12(10-17(3,4)11-16)19-15-13-6-8-20-14(13)5-7-18-15/h5-8,12H,9-11H2,1-4H3,(H,18,19). The van der Waals surface area contributed by atoms with Gasteiger partial charge < -0.3 is 5.32 Å². The zero-order valence-electron chi connectivity index (χ0n) is 12.9. The molecule has 1 fully saturated rings. The lowest BCUT2D eigenvalue weighted by molar-refractivity contribution is 0.105. The summed E-state index contributed by atoms with van der Waals surface area (Å²) in [6.45, 7) is 9.56. The van der Waals surface area contributed by atoms with Gasteiger partial charge >= 0.3 is 0 Å². The average molecular weight is 288 g/mol. The van der Waals surface area contributed by atoms with E-state index in [1.807, 2.05) is 6.20 Å². The summed E-state index contributed by atoms with van der Waals surface area (Å²) in [5, 5.41) is 7.12. The van der Waals surface area contributed by atoms with Crippen molar-refractivity contribution in [3.63, 3.8) is 0 Å². The van der Waals surface area contributed by atoms with Gasteiger partial charge in [-0.25, -0.2) is 4.98 Å². The second-order valence-corrected chi connectivity index (χ2v) is 8.69. The van der Waals surface area contributed by atoms with Crippen LogP contribution < -0.4 is 5.32 Å². The average Bonchev–Trinajstić information content (AvgIpc) is 2.73. The van der Waals surface area contributed by atoms with E-state index in [1.54, 1.807) is 11.3 Å². The Labute approximate surface area is 125 Å². The number of pyridine rings is 1. The van der Waals surface area contributed by atoms with E-state index in [2.05, 4.69) is 55.5 Å². The maximum atomic E-state index is 4.56. The largest absolute Gasteiger partial charge is 0.367 e. The molecule has 2 nitrogen and oxygen atoms in total. The van der Waals surface area contributed by atoms with Crippen molar-refractivity contribution in [3.05, 3.63) is 23.7 Å². The van der Waals surface area contributed by atoms with E-state index in [1.165, 1.54) is 29.3 Å². The summed E-state index contributed by atoms with van der Waals surface area (Å²) in [6.07, 6.45) is 5.66. The summed E-state index contributed by atoms with van der Waals surface area (Å²) < 4.78 is 1.32. The zero-order valence-corrected chi connectivity index (χ0v) is 13.7. The zero-order chi connectivity index (χ0) is 14.4. The maximum absolute atomic E-state index is 4.56. The van der Waals surface area contributed by atoms with Crippen LogP contribution in [0, 0.1) is 10.8 Å². The maximum Gasteiger partial charge on any atom is 0.134 e. The molecule has 0 atom stereocenters. The molecular formula is C17H24N2S. The van der Waals surface area contributed by atoms with Crippen LogP contribution in [0.5, 0.6) is 0 Å². The van der Waals surface area contributed by atoms with Gasteiger partial charge in [-0.05, 0) is 47.6 Å². The lowest BCUT2D eigenvalue weighted by Crippen LogP contribution is -2.40. The van der Waals surface area contributed by atoms with Crippen LogP contribution in [-0.2, 0) is 0 Å². The first kappa shape index (κ1) is 13.9. The molecule has 0 unspecified atom stereocenters. The Morgan fingerprint density at radius 3 is 2.55 bits per heavy atom. The molecule has 1 aliphatic carbocycles. The van der Waals surface area contributed by atoms with Gasteiger partial charge in [0.15, 0.2) is 0 Å². The van der Waals surface area contributed by atoms with Gasteiger partial charge in [-0.2, -0.15) is 0 Å². The Balaban J connectivity index is 1.85. The molecule has 0 aliphatic heterocycles. The van der Waals surface area contributed by atoms with Crippen molar-refractivity contribution < 1.29 is 0 Å². The van der Waals surface area contributed by atoms with E-state index in [-0.39, 0.29) is 0 Å². The second-order valence-electron chi connectivity index (χ2n) is 7.75. The van der Waals surface area contributed by atoms with Crippen molar-refractivity contribution in [2.45, 2.75) is 53.0 Å². The molecule has 0 saturated heterocycles. The van der Waals surface area contributed by atoms with E-state index in [0.29, 0.717) is 16.9 Å². The highest BCUT2D eigenvalue weighted by atomic mass is 32.1. The monoisotopic (exact) mass is 288 g/mol. The Kier molecular flexibility index (Phi) is 3.28. The molecule has 108 valence electrons. The number of hydrogen-bond acceptors (Lipinski definition) is 3. The molecule has 0 spiro atoms. The van der Waals surface area contributed by atoms with Crippen LogP contribution >= 0.6 is 11.3 Å². The first-order chi connectivity index (χ1) is 9.35. The van der Waals surface area contributed by atoms with E-state index < -0.39 is 0 Å². The Bertz CT molecular complexity index is 596. The highest BCUT2D eigenvalue weighted by Crippen LogP contribution is 2.46. The highest BCUT2D eigenvalue weighted by Gasteiger charge is 2.38. The van der Waals surface area contributed by atoms with Crippen LogP contribution in [0.1, 0.15) is 47.0 Å². The van der Waals surface area contributed by atoms with Crippen LogP contribution in [0.2, 0.25) is 0 Å². The summed E-state index contributed by atoms with van der Waals surface area (Å²) in [7, 11) is 0. The van der Waals surface area contributed by atoms with Crippen molar-refractivity contribution in [1.29, 1.82) is 0 Å². The number of thiophene rings is 1.